The summed E-state index contributed by atoms with van der Waals surface area (Å²) in [7, 11) is 1.74. The fourth-order valence-electron chi connectivity index (χ4n) is 2.97. The third-order valence-corrected chi connectivity index (χ3v) is 5.27. The molecule has 1 aliphatic heterocycles. The average Bonchev–Trinajstić information content (AvgIpc) is 3.18. The van der Waals surface area contributed by atoms with E-state index in [0.717, 1.165) is 44.2 Å². The van der Waals surface area contributed by atoms with Gasteiger partial charge in [-0.05, 0) is 42.9 Å². The fourth-order valence-corrected chi connectivity index (χ4v) is 3.88. The van der Waals surface area contributed by atoms with Gasteiger partial charge in [0.25, 0.3) is 0 Å². The SMILES string of the molecule is COCc1csc(CN2CCC(c3noc(C(C)C)n3)CC2)c1. The molecule has 126 valence electrons. The number of rotatable bonds is 6. The summed E-state index contributed by atoms with van der Waals surface area (Å²) < 4.78 is 10.5. The van der Waals surface area contributed by atoms with Crippen LogP contribution in [0, 0.1) is 0 Å². The van der Waals surface area contributed by atoms with E-state index in [0.29, 0.717) is 18.4 Å². The van der Waals surface area contributed by atoms with Crippen LogP contribution in [0.5, 0.6) is 0 Å². The van der Waals surface area contributed by atoms with Gasteiger partial charge in [0.15, 0.2) is 5.82 Å². The highest BCUT2D eigenvalue weighted by Gasteiger charge is 2.25. The van der Waals surface area contributed by atoms with Crippen molar-refractivity contribution in [2.75, 3.05) is 20.2 Å². The highest BCUT2D eigenvalue weighted by Crippen LogP contribution is 2.28. The van der Waals surface area contributed by atoms with E-state index >= 15 is 0 Å². The first-order valence-corrected chi connectivity index (χ1v) is 9.14. The van der Waals surface area contributed by atoms with Gasteiger partial charge < -0.3 is 9.26 Å². The largest absolute Gasteiger partial charge is 0.380 e. The fraction of sp³-hybridized carbons (Fsp3) is 0.647. The van der Waals surface area contributed by atoms with Crippen LogP contribution in [0.25, 0.3) is 0 Å². The molecule has 0 radical (unpaired) electrons. The van der Waals surface area contributed by atoms with Gasteiger partial charge >= 0.3 is 0 Å². The van der Waals surface area contributed by atoms with Crippen LogP contribution in [0.4, 0.5) is 0 Å². The number of methoxy groups -OCH3 is 1. The topological polar surface area (TPSA) is 51.4 Å². The van der Waals surface area contributed by atoms with Crippen LogP contribution in [0.2, 0.25) is 0 Å². The highest BCUT2D eigenvalue weighted by molar-refractivity contribution is 7.10. The zero-order valence-electron chi connectivity index (χ0n) is 14.1. The number of hydrogen-bond acceptors (Lipinski definition) is 6. The zero-order valence-corrected chi connectivity index (χ0v) is 14.9. The Morgan fingerprint density at radius 2 is 2.17 bits per heavy atom. The molecule has 0 aromatic carbocycles. The average molecular weight is 335 g/mol. The molecule has 1 fully saturated rings. The molecule has 6 heteroatoms. The second kappa shape index (κ2) is 7.55. The van der Waals surface area contributed by atoms with E-state index in [1.54, 1.807) is 7.11 Å². The Labute approximate surface area is 141 Å². The third-order valence-electron chi connectivity index (χ3n) is 4.30. The van der Waals surface area contributed by atoms with E-state index in [4.69, 9.17) is 9.26 Å². The molecule has 0 bridgehead atoms. The molecule has 3 heterocycles. The molecule has 1 aliphatic rings. The minimum absolute atomic E-state index is 0.302. The molecule has 5 nitrogen and oxygen atoms in total. The number of thiophene rings is 1. The molecular weight excluding hydrogens is 310 g/mol. The van der Waals surface area contributed by atoms with E-state index in [1.165, 1.54) is 10.4 Å². The summed E-state index contributed by atoms with van der Waals surface area (Å²) in [5, 5.41) is 6.37. The van der Waals surface area contributed by atoms with Gasteiger partial charge in [0.2, 0.25) is 5.89 Å². The maximum atomic E-state index is 5.34. The second-order valence-corrected chi connectivity index (χ2v) is 7.55. The van der Waals surface area contributed by atoms with Crippen molar-refractivity contribution in [3.8, 4) is 0 Å². The number of nitrogens with zero attached hydrogens (tertiary/aromatic N) is 3. The summed E-state index contributed by atoms with van der Waals surface area (Å²) in [6, 6.07) is 2.26. The lowest BCUT2D eigenvalue weighted by Crippen LogP contribution is -2.32. The van der Waals surface area contributed by atoms with Gasteiger partial charge in [-0.1, -0.05) is 19.0 Å². The van der Waals surface area contributed by atoms with Crippen LogP contribution in [-0.4, -0.2) is 35.2 Å². The van der Waals surface area contributed by atoms with E-state index < -0.39 is 0 Å². The molecule has 23 heavy (non-hydrogen) atoms. The second-order valence-electron chi connectivity index (χ2n) is 6.55. The lowest BCUT2D eigenvalue weighted by atomic mass is 9.96. The van der Waals surface area contributed by atoms with Crippen LogP contribution in [0.15, 0.2) is 16.0 Å². The summed E-state index contributed by atoms with van der Waals surface area (Å²) in [6.45, 7) is 8.08. The minimum Gasteiger partial charge on any atom is -0.380 e. The Morgan fingerprint density at radius 1 is 1.39 bits per heavy atom. The van der Waals surface area contributed by atoms with E-state index in [1.807, 2.05) is 11.3 Å². The zero-order chi connectivity index (χ0) is 16.2. The number of ether oxygens (including phenoxy) is 1. The normalized spacial score (nSPS) is 17.2. The van der Waals surface area contributed by atoms with Crippen molar-refractivity contribution in [1.29, 1.82) is 0 Å². The summed E-state index contributed by atoms with van der Waals surface area (Å²) in [5.41, 5.74) is 1.27. The van der Waals surface area contributed by atoms with Gasteiger partial charge in [-0.25, -0.2) is 0 Å². The first kappa shape index (κ1) is 16.6. The minimum atomic E-state index is 0.302. The molecule has 2 aromatic heterocycles. The molecule has 0 amide bonds. The molecule has 0 unspecified atom stereocenters. The molecule has 0 saturated carbocycles. The molecular formula is C17H25N3O2S. The van der Waals surface area contributed by atoms with E-state index in [2.05, 4.69) is 40.3 Å². The lowest BCUT2D eigenvalue weighted by molar-refractivity contribution is 0.185. The van der Waals surface area contributed by atoms with Crippen LogP contribution >= 0.6 is 11.3 Å². The molecule has 0 aliphatic carbocycles. The first-order chi connectivity index (χ1) is 11.2. The van der Waals surface area contributed by atoms with Crippen molar-refractivity contribution in [3.63, 3.8) is 0 Å². The Balaban J connectivity index is 1.51. The standard InChI is InChI=1S/C17H25N3O2S/c1-12(2)17-18-16(19-22-17)14-4-6-20(7-5-14)9-15-8-13(10-21-3)11-23-15/h8,11-12,14H,4-7,9-10H2,1-3H3. The predicted octanol–water partition coefficient (Wildman–Crippen LogP) is 3.78. The van der Waals surface area contributed by atoms with Crippen molar-refractivity contribution >= 4 is 11.3 Å². The Morgan fingerprint density at radius 3 is 2.83 bits per heavy atom. The molecule has 3 rings (SSSR count). The Kier molecular flexibility index (Phi) is 5.46. The van der Waals surface area contributed by atoms with Gasteiger partial charge in [-0.15, -0.1) is 11.3 Å². The lowest BCUT2D eigenvalue weighted by Gasteiger charge is -2.30. The Bertz CT molecular complexity index is 615. The van der Waals surface area contributed by atoms with Gasteiger partial charge in [0, 0.05) is 30.4 Å². The summed E-state index contributed by atoms with van der Waals surface area (Å²) in [6.07, 6.45) is 2.21. The quantitative estimate of drug-likeness (QED) is 0.804. The molecule has 1 saturated heterocycles. The van der Waals surface area contributed by atoms with Crippen molar-refractivity contribution in [3.05, 3.63) is 33.6 Å². The van der Waals surface area contributed by atoms with E-state index in [-0.39, 0.29) is 0 Å². The number of likely N-dealkylation sites (tertiary alicyclic amines) is 1. The monoisotopic (exact) mass is 335 g/mol. The van der Waals surface area contributed by atoms with Crippen molar-refractivity contribution in [2.24, 2.45) is 0 Å². The number of aromatic nitrogens is 2. The van der Waals surface area contributed by atoms with E-state index in [9.17, 15) is 0 Å². The maximum absolute atomic E-state index is 5.34. The van der Waals surface area contributed by atoms with Gasteiger partial charge in [-0.3, -0.25) is 4.90 Å². The smallest absolute Gasteiger partial charge is 0.229 e. The number of hydrogen-bond donors (Lipinski definition) is 0. The Hall–Kier alpha value is -1.24. The third kappa shape index (κ3) is 4.19. The van der Waals surface area contributed by atoms with Crippen molar-refractivity contribution < 1.29 is 9.26 Å². The van der Waals surface area contributed by atoms with Crippen molar-refractivity contribution in [1.82, 2.24) is 15.0 Å². The predicted molar refractivity (Wildman–Crippen MR) is 90.7 cm³/mol. The van der Waals surface area contributed by atoms with Crippen LogP contribution in [0.3, 0.4) is 0 Å². The summed E-state index contributed by atoms with van der Waals surface area (Å²) in [4.78, 5) is 8.49. The summed E-state index contributed by atoms with van der Waals surface area (Å²) >= 11 is 1.83. The van der Waals surface area contributed by atoms with Crippen LogP contribution in [0.1, 0.15) is 60.7 Å². The van der Waals surface area contributed by atoms with Gasteiger partial charge in [0.05, 0.1) is 6.61 Å². The van der Waals surface area contributed by atoms with Gasteiger partial charge in [0.1, 0.15) is 0 Å². The van der Waals surface area contributed by atoms with Crippen molar-refractivity contribution in [2.45, 2.75) is 51.7 Å². The summed E-state index contributed by atoms with van der Waals surface area (Å²) in [5.74, 6) is 2.39. The van der Waals surface area contributed by atoms with Crippen LogP contribution in [-0.2, 0) is 17.9 Å². The first-order valence-electron chi connectivity index (χ1n) is 8.26. The number of piperidine rings is 1. The van der Waals surface area contributed by atoms with Crippen LogP contribution < -0.4 is 0 Å². The molecule has 0 N–H and O–H groups in total. The molecule has 0 atom stereocenters. The molecule has 2 aromatic rings. The highest BCUT2D eigenvalue weighted by atomic mass is 32.1. The molecule has 0 spiro atoms. The maximum Gasteiger partial charge on any atom is 0.229 e. The van der Waals surface area contributed by atoms with Gasteiger partial charge in [-0.2, -0.15) is 4.98 Å².